The van der Waals surface area contributed by atoms with Crippen LogP contribution in [-0.4, -0.2) is 26.8 Å². The predicted octanol–water partition coefficient (Wildman–Crippen LogP) is 1.38. The van der Waals surface area contributed by atoms with Gasteiger partial charge in [0.05, 0.1) is 0 Å². The summed E-state index contributed by atoms with van der Waals surface area (Å²) in [5, 5.41) is 0. The molecule has 0 aromatic rings. The van der Waals surface area contributed by atoms with Crippen LogP contribution >= 0.6 is 0 Å². The Morgan fingerprint density at radius 2 is 2.09 bits per heavy atom. The molecule has 0 unspecified atom stereocenters. The van der Waals surface area contributed by atoms with Crippen molar-refractivity contribution >= 4 is 0 Å². The van der Waals surface area contributed by atoms with Crippen molar-refractivity contribution in [3.05, 3.63) is 0 Å². The molecule has 1 heterocycles. The summed E-state index contributed by atoms with van der Waals surface area (Å²) >= 11 is 0. The zero-order valence-corrected chi connectivity index (χ0v) is 7.37. The third kappa shape index (κ3) is 1.92. The first-order chi connectivity index (χ1) is 5.31. The molecular weight excluding hydrogens is 144 g/mol. The summed E-state index contributed by atoms with van der Waals surface area (Å²) in [5.41, 5.74) is 0. The van der Waals surface area contributed by atoms with E-state index in [1.165, 1.54) is 0 Å². The highest BCUT2D eigenvalue weighted by Crippen LogP contribution is 2.29. The van der Waals surface area contributed by atoms with E-state index in [0.717, 1.165) is 12.8 Å². The third-order valence-electron chi connectivity index (χ3n) is 2.19. The Morgan fingerprint density at radius 3 is 2.45 bits per heavy atom. The molecule has 66 valence electrons. The molecule has 1 fully saturated rings. The Morgan fingerprint density at radius 1 is 1.36 bits per heavy atom. The van der Waals surface area contributed by atoms with E-state index in [4.69, 9.17) is 14.2 Å². The van der Waals surface area contributed by atoms with Crippen molar-refractivity contribution in [3.8, 4) is 0 Å². The van der Waals surface area contributed by atoms with Gasteiger partial charge in [-0.2, -0.15) is 0 Å². The maximum absolute atomic E-state index is 5.42. The van der Waals surface area contributed by atoms with Crippen molar-refractivity contribution in [3.63, 3.8) is 0 Å². The molecule has 0 spiro atoms. The fourth-order valence-electron chi connectivity index (χ4n) is 1.43. The zero-order chi connectivity index (χ0) is 8.27. The Bertz CT molecular complexity index is 104. The summed E-state index contributed by atoms with van der Waals surface area (Å²) in [7, 11) is 3.33. The van der Waals surface area contributed by atoms with E-state index in [9.17, 15) is 0 Å². The van der Waals surface area contributed by atoms with Gasteiger partial charge in [-0.3, -0.25) is 0 Å². The predicted molar refractivity (Wildman–Crippen MR) is 41.1 cm³/mol. The van der Waals surface area contributed by atoms with Crippen LogP contribution < -0.4 is 0 Å². The highest BCUT2D eigenvalue weighted by atomic mass is 16.8. The molecule has 3 atom stereocenters. The van der Waals surface area contributed by atoms with Crippen LogP contribution in [0.4, 0.5) is 0 Å². The summed E-state index contributed by atoms with van der Waals surface area (Å²) in [4.78, 5) is 0. The van der Waals surface area contributed by atoms with Crippen molar-refractivity contribution in [2.75, 3.05) is 14.2 Å². The Hall–Kier alpha value is -0.120. The first-order valence-corrected chi connectivity index (χ1v) is 4.02. The van der Waals surface area contributed by atoms with E-state index >= 15 is 0 Å². The van der Waals surface area contributed by atoms with Gasteiger partial charge in [0.2, 0.25) is 0 Å². The van der Waals surface area contributed by atoms with E-state index in [-0.39, 0.29) is 12.6 Å². The van der Waals surface area contributed by atoms with Crippen molar-refractivity contribution in [1.29, 1.82) is 0 Å². The second-order valence-electron chi connectivity index (χ2n) is 2.81. The van der Waals surface area contributed by atoms with Crippen LogP contribution in [0.1, 0.15) is 19.8 Å². The maximum Gasteiger partial charge on any atom is 0.163 e. The number of hydrogen-bond acceptors (Lipinski definition) is 3. The zero-order valence-electron chi connectivity index (χ0n) is 7.37. The lowest BCUT2D eigenvalue weighted by Gasteiger charge is -2.13. The second-order valence-corrected chi connectivity index (χ2v) is 2.81. The summed E-state index contributed by atoms with van der Waals surface area (Å²) in [6.45, 7) is 2.14. The quantitative estimate of drug-likeness (QED) is 0.624. The van der Waals surface area contributed by atoms with Crippen LogP contribution in [0.25, 0.3) is 0 Å². The Balaban J connectivity index is 2.41. The van der Waals surface area contributed by atoms with E-state index in [2.05, 4.69) is 6.92 Å². The van der Waals surface area contributed by atoms with Gasteiger partial charge in [0.15, 0.2) is 12.6 Å². The van der Waals surface area contributed by atoms with Crippen LogP contribution in [0.3, 0.4) is 0 Å². The van der Waals surface area contributed by atoms with Gasteiger partial charge < -0.3 is 14.2 Å². The molecule has 0 amide bonds. The molecular formula is C8H16O3. The second kappa shape index (κ2) is 4.04. The molecule has 0 aromatic carbocycles. The first kappa shape index (κ1) is 8.97. The molecule has 0 aromatic heterocycles. The molecule has 0 radical (unpaired) electrons. The fraction of sp³-hybridized carbons (Fsp3) is 1.00. The summed E-state index contributed by atoms with van der Waals surface area (Å²) in [6.07, 6.45) is 1.90. The van der Waals surface area contributed by atoms with E-state index in [0.29, 0.717) is 5.92 Å². The third-order valence-corrected chi connectivity index (χ3v) is 2.19. The standard InChI is InChI=1S/C8H16O3/c1-4-6-5-7(9-2)11-8(6)10-3/h6-8H,4-5H2,1-3H3/t6-,7-,8-/m1/s1. The van der Waals surface area contributed by atoms with Gasteiger partial charge in [-0.15, -0.1) is 0 Å². The molecule has 3 heteroatoms. The molecule has 1 saturated heterocycles. The molecule has 0 bridgehead atoms. The van der Waals surface area contributed by atoms with Gasteiger partial charge in [0.25, 0.3) is 0 Å². The van der Waals surface area contributed by atoms with Crippen LogP contribution in [-0.2, 0) is 14.2 Å². The minimum absolute atomic E-state index is 0.0649. The number of methoxy groups -OCH3 is 2. The molecule has 1 rings (SSSR count). The largest absolute Gasteiger partial charge is 0.356 e. The lowest BCUT2D eigenvalue weighted by Crippen LogP contribution is -2.18. The van der Waals surface area contributed by atoms with Crippen LogP contribution in [0.2, 0.25) is 0 Å². The lowest BCUT2D eigenvalue weighted by atomic mass is 10.0. The minimum atomic E-state index is -0.0649. The summed E-state index contributed by atoms with van der Waals surface area (Å²) < 4.78 is 15.6. The monoisotopic (exact) mass is 160 g/mol. The molecule has 0 saturated carbocycles. The molecule has 11 heavy (non-hydrogen) atoms. The normalized spacial score (nSPS) is 37.9. The van der Waals surface area contributed by atoms with Crippen LogP contribution in [0.15, 0.2) is 0 Å². The lowest BCUT2D eigenvalue weighted by molar-refractivity contribution is -0.193. The fourth-order valence-corrected chi connectivity index (χ4v) is 1.43. The molecule has 3 nitrogen and oxygen atoms in total. The number of rotatable bonds is 3. The van der Waals surface area contributed by atoms with Gasteiger partial charge in [0.1, 0.15) is 0 Å². The highest BCUT2D eigenvalue weighted by molar-refractivity contribution is 4.70. The Labute approximate surface area is 67.6 Å². The smallest absolute Gasteiger partial charge is 0.163 e. The molecule has 0 N–H and O–H groups in total. The molecule has 0 aliphatic carbocycles. The molecule has 1 aliphatic rings. The van der Waals surface area contributed by atoms with Gasteiger partial charge >= 0.3 is 0 Å². The van der Waals surface area contributed by atoms with Gasteiger partial charge in [0, 0.05) is 26.6 Å². The van der Waals surface area contributed by atoms with Crippen LogP contribution in [0, 0.1) is 5.92 Å². The van der Waals surface area contributed by atoms with Gasteiger partial charge in [-0.05, 0) is 6.42 Å². The minimum Gasteiger partial charge on any atom is -0.356 e. The van der Waals surface area contributed by atoms with E-state index in [1.54, 1.807) is 14.2 Å². The van der Waals surface area contributed by atoms with Gasteiger partial charge in [-0.1, -0.05) is 6.92 Å². The summed E-state index contributed by atoms with van der Waals surface area (Å²) in [5.74, 6) is 0.491. The van der Waals surface area contributed by atoms with Crippen molar-refractivity contribution in [1.82, 2.24) is 0 Å². The highest BCUT2D eigenvalue weighted by Gasteiger charge is 2.33. The maximum atomic E-state index is 5.42. The molecule has 1 aliphatic heterocycles. The SMILES string of the molecule is CC[C@@H]1C[C@H](OC)O[C@H]1OC. The van der Waals surface area contributed by atoms with Crippen molar-refractivity contribution in [2.45, 2.75) is 32.3 Å². The average molecular weight is 160 g/mol. The number of hydrogen-bond donors (Lipinski definition) is 0. The van der Waals surface area contributed by atoms with E-state index < -0.39 is 0 Å². The van der Waals surface area contributed by atoms with Crippen molar-refractivity contribution < 1.29 is 14.2 Å². The van der Waals surface area contributed by atoms with E-state index in [1.807, 2.05) is 0 Å². The topological polar surface area (TPSA) is 27.7 Å². The van der Waals surface area contributed by atoms with Gasteiger partial charge in [-0.25, -0.2) is 0 Å². The summed E-state index contributed by atoms with van der Waals surface area (Å²) in [6, 6.07) is 0. The van der Waals surface area contributed by atoms with Crippen LogP contribution in [0.5, 0.6) is 0 Å². The first-order valence-electron chi connectivity index (χ1n) is 4.02. The average Bonchev–Trinajstić information content (AvgIpc) is 2.46. The van der Waals surface area contributed by atoms with Crippen molar-refractivity contribution in [2.24, 2.45) is 5.92 Å². The Kier molecular flexibility index (Phi) is 3.30. The number of ether oxygens (including phenoxy) is 3.